The number of carboxylic acids is 1. The van der Waals surface area contributed by atoms with Crippen LogP contribution in [0.1, 0.15) is 44.6 Å². The van der Waals surface area contributed by atoms with Crippen molar-refractivity contribution in [3.63, 3.8) is 0 Å². The van der Waals surface area contributed by atoms with Gasteiger partial charge in [0.25, 0.3) is 0 Å². The van der Waals surface area contributed by atoms with Crippen molar-refractivity contribution >= 4 is 29.2 Å². The van der Waals surface area contributed by atoms with Crippen molar-refractivity contribution in [1.29, 1.82) is 0 Å². The van der Waals surface area contributed by atoms with E-state index in [9.17, 15) is 9.90 Å². The fourth-order valence-electron chi connectivity index (χ4n) is 3.30. The third-order valence-electron chi connectivity index (χ3n) is 4.55. The van der Waals surface area contributed by atoms with Crippen LogP contribution in [0, 0.1) is 11.3 Å². The number of carboxylic acid groups (broad SMARTS) is 1. The molecule has 1 aliphatic rings. The Balaban J connectivity index is 2.32. The molecule has 2 unspecified atom stereocenters. The number of hydrogen-bond acceptors (Lipinski definition) is 1. The average Bonchev–Trinajstić information content (AvgIpc) is 2.43. The lowest BCUT2D eigenvalue weighted by atomic mass is 9.66. The molecule has 1 aromatic carbocycles. The van der Waals surface area contributed by atoms with Gasteiger partial charge in [0.2, 0.25) is 0 Å². The Kier molecular flexibility index (Phi) is 4.98. The highest BCUT2D eigenvalue weighted by atomic mass is 35.5. The molecule has 0 aromatic heterocycles. The Morgan fingerprint density at radius 3 is 2.60 bits per heavy atom. The van der Waals surface area contributed by atoms with Gasteiger partial charge in [-0.1, -0.05) is 55.5 Å². The smallest absolute Gasteiger partial charge is 0.309 e. The van der Waals surface area contributed by atoms with Crippen molar-refractivity contribution in [2.45, 2.75) is 45.4 Å². The Morgan fingerprint density at radius 1 is 1.40 bits per heavy atom. The van der Waals surface area contributed by atoms with Crippen molar-refractivity contribution in [3.8, 4) is 0 Å². The normalized spacial score (nSPS) is 26.4. The van der Waals surface area contributed by atoms with E-state index in [2.05, 4.69) is 6.92 Å². The summed E-state index contributed by atoms with van der Waals surface area (Å²) in [5.41, 5.74) is 0.0584. The molecule has 0 amide bonds. The minimum atomic E-state index is -0.716. The van der Waals surface area contributed by atoms with Crippen LogP contribution in [0.5, 0.6) is 0 Å². The van der Waals surface area contributed by atoms with Crippen LogP contribution >= 0.6 is 23.2 Å². The molecule has 0 saturated heterocycles. The second kappa shape index (κ2) is 6.36. The van der Waals surface area contributed by atoms with Gasteiger partial charge in [0.1, 0.15) is 0 Å². The average molecular weight is 315 g/mol. The molecule has 0 bridgehead atoms. The van der Waals surface area contributed by atoms with Crippen LogP contribution in [-0.4, -0.2) is 11.1 Å². The second-order valence-electron chi connectivity index (χ2n) is 5.83. The fraction of sp³-hybridized carbons (Fsp3) is 0.562. The molecule has 0 heterocycles. The molecule has 1 saturated carbocycles. The molecule has 1 fully saturated rings. The minimum absolute atomic E-state index is 0.428. The lowest BCUT2D eigenvalue weighted by molar-refractivity contribution is -0.152. The maximum absolute atomic E-state index is 11.9. The van der Waals surface area contributed by atoms with Crippen LogP contribution in [0.15, 0.2) is 18.2 Å². The summed E-state index contributed by atoms with van der Waals surface area (Å²) in [4.78, 5) is 11.9. The number of benzene rings is 1. The summed E-state index contributed by atoms with van der Waals surface area (Å²) in [6.07, 6.45) is 4.98. The van der Waals surface area contributed by atoms with Crippen molar-refractivity contribution in [2.24, 2.45) is 11.3 Å². The summed E-state index contributed by atoms with van der Waals surface area (Å²) in [5, 5.41) is 10.9. The number of aliphatic carboxylic acids is 1. The van der Waals surface area contributed by atoms with E-state index in [0.29, 0.717) is 28.8 Å². The van der Waals surface area contributed by atoms with Crippen LogP contribution < -0.4 is 0 Å². The van der Waals surface area contributed by atoms with Gasteiger partial charge in [0.05, 0.1) is 5.41 Å². The van der Waals surface area contributed by atoms with Gasteiger partial charge in [-0.05, 0) is 42.9 Å². The Hall–Kier alpha value is -0.730. The first-order chi connectivity index (χ1) is 9.48. The first-order valence-electron chi connectivity index (χ1n) is 7.15. The fourth-order valence-corrected chi connectivity index (χ4v) is 3.84. The third kappa shape index (κ3) is 3.12. The zero-order valence-corrected chi connectivity index (χ0v) is 13.2. The molecular weight excluding hydrogens is 295 g/mol. The van der Waals surface area contributed by atoms with Gasteiger partial charge in [-0.2, -0.15) is 0 Å². The molecule has 2 nitrogen and oxygen atoms in total. The standard InChI is InChI=1S/C16H20Cl2O2/c1-2-11-5-4-8-16(9-11,15(19)20)10-12-13(17)6-3-7-14(12)18/h3,6-7,11H,2,4-5,8-10H2,1H3,(H,19,20). The van der Waals surface area contributed by atoms with Crippen molar-refractivity contribution in [1.82, 2.24) is 0 Å². The predicted octanol–water partition coefficient (Wildman–Crippen LogP) is 5.21. The maximum atomic E-state index is 11.9. The summed E-state index contributed by atoms with van der Waals surface area (Å²) >= 11 is 12.4. The highest BCUT2D eigenvalue weighted by Gasteiger charge is 2.43. The number of hydrogen-bond donors (Lipinski definition) is 1. The lowest BCUT2D eigenvalue weighted by Crippen LogP contribution is -2.38. The summed E-state index contributed by atoms with van der Waals surface area (Å²) in [7, 11) is 0. The molecule has 20 heavy (non-hydrogen) atoms. The third-order valence-corrected chi connectivity index (χ3v) is 5.26. The van der Waals surface area contributed by atoms with E-state index < -0.39 is 11.4 Å². The molecule has 0 spiro atoms. The topological polar surface area (TPSA) is 37.3 Å². The SMILES string of the molecule is CCC1CCCC(Cc2c(Cl)cccc2Cl)(C(=O)O)C1. The Morgan fingerprint density at radius 2 is 2.05 bits per heavy atom. The zero-order chi connectivity index (χ0) is 14.8. The van der Waals surface area contributed by atoms with Gasteiger partial charge in [-0.15, -0.1) is 0 Å². The first kappa shape index (κ1) is 15.7. The van der Waals surface area contributed by atoms with E-state index in [-0.39, 0.29) is 0 Å². The van der Waals surface area contributed by atoms with Crippen molar-refractivity contribution in [3.05, 3.63) is 33.8 Å². The molecular formula is C16H20Cl2O2. The first-order valence-corrected chi connectivity index (χ1v) is 7.90. The van der Waals surface area contributed by atoms with Crippen LogP contribution in [0.25, 0.3) is 0 Å². The van der Waals surface area contributed by atoms with Gasteiger partial charge in [-0.3, -0.25) is 4.79 Å². The lowest BCUT2D eigenvalue weighted by Gasteiger charge is -2.38. The molecule has 110 valence electrons. The van der Waals surface area contributed by atoms with E-state index in [1.807, 2.05) is 0 Å². The maximum Gasteiger partial charge on any atom is 0.309 e. The van der Waals surface area contributed by atoms with Crippen LogP contribution in [0.2, 0.25) is 10.0 Å². The van der Waals surface area contributed by atoms with E-state index in [0.717, 1.165) is 31.2 Å². The van der Waals surface area contributed by atoms with Crippen LogP contribution in [0.4, 0.5) is 0 Å². The molecule has 1 aliphatic carbocycles. The minimum Gasteiger partial charge on any atom is -0.481 e. The van der Waals surface area contributed by atoms with Gasteiger partial charge in [-0.25, -0.2) is 0 Å². The van der Waals surface area contributed by atoms with Crippen molar-refractivity contribution in [2.75, 3.05) is 0 Å². The monoisotopic (exact) mass is 314 g/mol. The molecule has 1 aromatic rings. The summed E-state index contributed by atoms with van der Waals surface area (Å²) in [6, 6.07) is 5.34. The molecule has 2 atom stereocenters. The number of rotatable bonds is 4. The molecule has 0 aliphatic heterocycles. The van der Waals surface area contributed by atoms with E-state index in [4.69, 9.17) is 23.2 Å². The number of halogens is 2. The largest absolute Gasteiger partial charge is 0.481 e. The van der Waals surface area contributed by atoms with E-state index >= 15 is 0 Å². The van der Waals surface area contributed by atoms with E-state index in [1.54, 1.807) is 18.2 Å². The number of carbonyl (C=O) groups is 1. The van der Waals surface area contributed by atoms with Crippen LogP contribution in [0.3, 0.4) is 0 Å². The molecule has 0 radical (unpaired) electrons. The molecule has 1 N–H and O–H groups in total. The quantitative estimate of drug-likeness (QED) is 0.828. The van der Waals surface area contributed by atoms with Gasteiger partial charge < -0.3 is 5.11 Å². The second-order valence-corrected chi connectivity index (χ2v) is 6.65. The highest BCUT2D eigenvalue weighted by molar-refractivity contribution is 6.36. The Bertz CT molecular complexity index is 481. The van der Waals surface area contributed by atoms with Gasteiger partial charge >= 0.3 is 5.97 Å². The van der Waals surface area contributed by atoms with Gasteiger partial charge in [0, 0.05) is 10.0 Å². The van der Waals surface area contributed by atoms with Crippen molar-refractivity contribution < 1.29 is 9.90 Å². The zero-order valence-electron chi connectivity index (χ0n) is 11.7. The van der Waals surface area contributed by atoms with Gasteiger partial charge in [0.15, 0.2) is 0 Å². The summed E-state index contributed by atoms with van der Waals surface area (Å²) < 4.78 is 0. The summed E-state index contributed by atoms with van der Waals surface area (Å²) in [6.45, 7) is 2.13. The molecule has 2 rings (SSSR count). The predicted molar refractivity (Wildman–Crippen MR) is 82.5 cm³/mol. The molecule has 4 heteroatoms. The van der Waals surface area contributed by atoms with Crippen LogP contribution in [-0.2, 0) is 11.2 Å². The Labute approximate surface area is 130 Å². The summed E-state index contributed by atoms with van der Waals surface area (Å²) in [5.74, 6) is -0.229. The highest BCUT2D eigenvalue weighted by Crippen LogP contribution is 2.45. The van der Waals surface area contributed by atoms with E-state index in [1.165, 1.54) is 0 Å².